The topological polar surface area (TPSA) is 52.6 Å². The van der Waals surface area contributed by atoms with Gasteiger partial charge >= 0.3 is 11.9 Å². The first kappa shape index (κ1) is 12.9. The molecule has 0 aromatic carbocycles. The number of rotatable bonds is 1. The van der Waals surface area contributed by atoms with Gasteiger partial charge in [-0.1, -0.05) is 0 Å². The van der Waals surface area contributed by atoms with Gasteiger partial charge in [0.2, 0.25) is 5.92 Å². The van der Waals surface area contributed by atoms with Gasteiger partial charge in [-0.05, 0) is 19.8 Å². The van der Waals surface area contributed by atoms with Crippen LogP contribution >= 0.6 is 0 Å². The van der Waals surface area contributed by atoms with Gasteiger partial charge in [-0.15, -0.1) is 0 Å². The fourth-order valence-electron chi connectivity index (χ4n) is 1.60. The minimum absolute atomic E-state index is 0.0444. The molecule has 0 atom stereocenters. The average Bonchev–Trinajstić information content (AvgIpc) is 2.22. The number of alkyl halides is 2. The fraction of sp³-hybridized carbons (Fsp3) is 0.800. The van der Waals surface area contributed by atoms with E-state index >= 15 is 0 Å². The van der Waals surface area contributed by atoms with Crippen molar-refractivity contribution in [3.63, 3.8) is 0 Å². The van der Waals surface area contributed by atoms with Crippen LogP contribution in [0, 0.1) is 0 Å². The Balaban J connectivity index is 2.55. The first-order valence-corrected chi connectivity index (χ1v) is 4.97. The molecular formula is C10H14F2O4. The summed E-state index contributed by atoms with van der Waals surface area (Å²) >= 11 is 0. The Morgan fingerprint density at radius 1 is 1.06 bits per heavy atom. The van der Waals surface area contributed by atoms with Crippen molar-refractivity contribution in [1.82, 2.24) is 0 Å². The second-order valence-corrected chi connectivity index (χ2v) is 4.19. The molecule has 0 heterocycles. The van der Waals surface area contributed by atoms with Crippen molar-refractivity contribution in [3.05, 3.63) is 0 Å². The molecule has 0 bridgehead atoms. The smallest absolute Gasteiger partial charge is 0.418 e. The van der Waals surface area contributed by atoms with E-state index in [-0.39, 0.29) is 25.7 Å². The Kier molecular flexibility index (Phi) is 3.50. The highest BCUT2D eigenvalue weighted by atomic mass is 19.3. The molecule has 0 radical (unpaired) electrons. The summed E-state index contributed by atoms with van der Waals surface area (Å²) in [6, 6.07) is 0. The molecule has 6 heteroatoms. The first-order valence-electron chi connectivity index (χ1n) is 4.97. The standard InChI is InChI=1S/C10H14F2O4/c1-9(16-8(14)7(13)15-2)3-5-10(11,12)6-4-9/h3-6H2,1-2H3. The van der Waals surface area contributed by atoms with Crippen molar-refractivity contribution in [3.8, 4) is 0 Å². The normalized spacial score (nSPS) is 22.2. The molecule has 1 saturated carbocycles. The molecule has 1 aliphatic carbocycles. The maximum absolute atomic E-state index is 12.9. The van der Waals surface area contributed by atoms with E-state index in [4.69, 9.17) is 4.74 Å². The van der Waals surface area contributed by atoms with Gasteiger partial charge < -0.3 is 9.47 Å². The maximum Gasteiger partial charge on any atom is 0.418 e. The van der Waals surface area contributed by atoms with Gasteiger partial charge in [0.05, 0.1) is 7.11 Å². The summed E-state index contributed by atoms with van der Waals surface area (Å²) in [7, 11) is 1.06. The largest absolute Gasteiger partial charge is 0.461 e. The van der Waals surface area contributed by atoms with Crippen molar-refractivity contribution in [2.45, 2.75) is 44.1 Å². The highest BCUT2D eigenvalue weighted by Crippen LogP contribution is 2.40. The molecule has 1 aliphatic rings. The van der Waals surface area contributed by atoms with Crippen LogP contribution in [0.2, 0.25) is 0 Å². The molecule has 0 N–H and O–H groups in total. The number of carbonyl (C=O) groups is 2. The third kappa shape index (κ3) is 3.15. The van der Waals surface area contributed by atoms with Gasteiger partial charge in [0, 0.05) is 12.8 Å². The van der Waals surface area contributed by atoms with Gasteiger partial charge in [0.15, 0.2) is 0 Å². The lowest BCUT2D eigenvalue weighted by molar-refractivity contribution is -0.182. The Labute approximate surface area is 91.9 Å². The Morgan fingerprint density at radius 3 is 2.00 bits per heavy atom. The van der Waals surface area contributed by atoms with Crippen molar-refractivity contribution in [1.29, 1.82) is 0 Å². The van der Waals surface area contributed by atoms with Crippen molar-refractivity contribution < 1.29 is 27.8 Å². The van der Waals surface area contributed by atoms with E-state index in [0.717, 1.165) is 7.11 Å². The fourth-order valence-corrected chi connectivity index (χ4v) is 1.60. The van der Waals surface area contributed by atoms with Crippen LogP contribution in [0.1, 0.15) is 32.6 Å². The molecule has 0 aliphatic heterocycles. The van der Waals surface area contributed by atoms with Gasteiger partial charge in [-0.2, -0.15) is 0 Å². The van der Waals surface area contributed by atoms with E-state index in [1.165, 1.54) is 0 Å². The van der Waals surface area contributed by atoms with Crippen molar-refractivity contribution in [2.75, 3.05) is 7.11 Å². The molecular weight excluding hydrogens is 222 g/mol. The lowest BCUT2D eigenvalue weighted by Gasteiger charge is -2.36. The molecule has 4 nitrogen and oxygen atoms in total. The first-order chi connectivity index (χ1) is 7.28. The summed E-state index contributed by atoms with van der Waals surface area (Å²) < 4.78 is 34.8. The number of hydrogen-bond acceptors (Lipinski definition) is 4. The van der Waals surface area contributed by atoms with Crippen molar-refractivity contribution in [2.24, 2.45) is 0 Å². The van der Waals surface area contributed by atoms with Crippen LogP contribution in [0.4, 0.5) is 8.78 Å². The number of methoxy groups -OCH3 is 1. The van der Waals surface area contributed by atoms with Crippen LogP contribution in [0.5, 0.6) is 0 Å². The average molecular weight is 236 g/mol. The Bertz CT molecular complexity index is 291. The minimum Gasteiger partial charge on any atom is -0.461 e. The van der Waals surface area contributed by atoms with Gasteiger partial charge in [-0.3, -0.25) is 0 Å². The van der Waals surface area contributed by atoms with Crippen LogP contribution in [0.15, 0.2) is 0 Å². The summed E-state index contributed by atoms with van der Waals surface area (Å²) in [5, 5.41) is 0. The molecule has 0 aromatic rings. The number of ether oxygens (including phenoxy) is 2. The second kappa shape index (κ2) is 4.35. The quantitative estimate of drug-likeness (QED) is 0.513. The van der Waals surface area contributed by atoms with E-state index in [1.54, 1.807) is 6.92 Å². The van der Waals surface area contributed by atoms with E-state index in [2.05, 4.69) is 4.74 Å². The predicted molar refractivity (Wildman–Crippen MR) is 49.9 cm³/mol. The monoisotopic (exact) mass is 236 g/mol. The highest BCUT2D eigenvalue weighted by molar-refractivity contribution is 6.29. The van der Waals surface area contributed by atoms with E-state index in [1.807, 2.05) is 0 Å². The molecule has 0 spiro atoms. The molecule has 1 fully saturated rings. The summed E-state index contributed by atoms with van der Waals surface area (Å²) in [5.74, 6) is -4.94. The summed E-state index contributed by atoms with van der Waals surface area (Å²) in [5.41, 5.74) is -0.993. The Hall–Kier alpha value is -1.20. The van der Waals surface area contributed by atoms with Crippen LogP contribution in [-0.4, -0.2) is 30.6 Å². The highest BCUT2D eigenvalue weighted by Gasteiger charge is 2.43. The molecule has 0 amide bonds. The second-order valence-electron chi connectivity index (χ2n) is 4.19. The van der Waals surface area contributed by atoms with Gasteiger partial charge in [0.1, 0.15) is 5.60 Å². The number of carbonyl (C=O) groups excluding carboxylic acids is 2. The lowest BCUT2D eigenvalue weighted by Crippen LogP contribution is -2.41. The van der Waals surface area contributed by atoms with Crippen molar-refractivity contribution >= 4 is 11.9 Å². The predicted octanol–water partition coefficient (Wildman–Crippen LogP) is 1.67. The zero-order valence-corrected chi connectivity index (χ0v) is 9.22. The number of halogens is 2. The minimum atomic E-state index is -2.70. The van der Waals surface area contributed by atoms with Crippen LogP contribution in [0.25, 0.3) is 0 Å². The van der Waals surface area contributed by atoms with Gasteiger partial charge in [0.25, 0.3) is 0 Å². The van der Waals surface area contributed by atoms with Crippen LogP contribution < -0.4 is 0 Å². The van der Waals surface area contributed by atoms with E-state index in [9.17, 15) is 18.4 Å². The Morgan fingerprint density at radius 2 is 1.56 bits per heavy atom. The van der Waals surface area contributed by atoms with Crippen LogP contribution in [-0.2, 0) is 19.1 Å². The maximum atomic E-state index is 12.9. The summed E-state index contributed by atoms with van der Waals surface area (Å²) in [6.45, 7) is 1.54. The zero-order chi connectivity index (χ0) is 12.4. The lowest BCUT2D eigenvalue weighted by atomic mass is 9.84. The van der Waals surface area contributed by atoms with Gasteiger partial charge in [-0.25, -0.2) is 18.4 Å². The molecule has 0 unspecified atom stereocenters. The summed E-state index contributed by atoms with van der Waals surface area (Å²) in [6.07, 6.45) is -0.582. The molecule has 0 aromatic heterocycles. The molecule has 92 valence electrons. The number of hydrogen-bond donors (Lipinski definition) is 0. The molecule has 0 saturated heterocycles. The summed E-state index contributed by atoms with van der Waals surface area (Å²) in [4.78, 5) is 21.9. The molecule has 1 rings (SSSR count). The SMILES string of the molecule is COC(=O)C(=O)OC1(C)CCC(F)(F)CC1. The molecule has 16 heavy (non-hydrogen) atoms. The number of esters is 2. The van der Waals surface area contributed by atoms with E-state index in [0.29, 0.717) is 0 Å². The van der Waals surface area contributed by atoms with E-state index < -0.39 is 23.5 Å². The third-order valence-electron chi connectivity index (χ3n) is 2.73. The zero-order valence-electron chi connectivity index (χ0n) is 9.22. The van der Waals surface area contributed by atoms with Crippen LogP contribution in [0.3, 0.4) is 0 Å². The third-order valence-corrected chi connectivity index (χ3v) is 2.73.